The van der Waals surface area contributed by atoms with Gasteiger partial charge in [-0.25, -0.2) is 9.78 Å². The Bertz CT molecular complexity index is 372. The molecular weight excluding hydrogens is 208 g/mol. The molecule has 0 atom stereocenters. The second kappa shape index (κ2) is 4.83. The molecule has 0 saturated heterocycles. The number of ether oxygens (including phenoxy) is 2. The van der Waals surface area contributed by atoms with Crippen LogP contribution >= 0.6 is 0 Å². The van der Waals surface area contributed by atoms with Crippen molar-refractivity contribution in [3.8, 4) is 5.75 Å². The van der Waals surface area contributed by atoms with Crippen molar-refractivity contribution in [2.75, 3.05) is 12.4 Å². The average molecular weight is 224 g/mol. The third-order valence-corrected chi connectivity index (χ3v) is 1.61. The maximum Gasteiger partial charge on any atom is 0.413 e. The minimum atomic E-state index is -0.551. The average Bonchev–Trinajstić information content (AvgIpc) is 2.15. The maximum absolute atomic E-state index is 11.5. The number of carbonyl (C=O) groups excluding carboxylic acids is 1. The van der Waals surface area contributed by atoms with Crippen molar-refractivity contribution in [1.82, 2.24) is 4.98 Å². The Kier molecular flexibility index (Phi) is 3.71. The van der Waals surface area contributed by atoms with Gasteiger partial charge >= 0.3 is 6.09 Å². The van der Waals surface area contributed by atoms with Crippen LogP contribution in [-0.4, -0.2) is 23.8 Å². The molecule has 1 aromatic rings. The van der Waals surface area contributed by atoms with Crippen LogP contribution in [0.1, 0.15) is 20.8 Å². The van der Waals surface area contributed by atoms with Crippen LogP contribution in [0.15, 0.2) is 18.3 Å². The van der Waals surface area contributed by atoms with E-state index in [1.54, 1.807) is 39.1 Å². The van der Waals surface area contributed by atoms with Crippen LogP contribution in [0, 0.1) is 0 Å². The molecule has 1 N–H and O–H groups in total. The molecule has 16 heavy (non-hydrogen) atoms. The lowest BCUT2D eigenvalue weighted by Crippen LogP contribution is -2.27. The van der Waals surface area contributed by atoms with Crippen molar-refractivity contribution < 1.29 is 14.3 Å². The summed E-state index contributed by atoms with van der Waals surface area (Å²) in [7, 11) is 1.51. The molecule has 1 amide bonds. The Morgan fingerprint density at radius 3 is 2.69 bits per heavy atom. The van der Waals surface area contributed by atoms with Gasteiger partial charge in [-0.2, -0.15) is 0 Å². The number of aromatic nitrogens is 1. The quantitative estimate of drug-likeness (QED) is 0.838. The van der Waals surface area contributed by atoms with Crippen LogP contribution in [-0.2, 0) is 4.74 Å². The van der Waals surface area contributed by atoms with Crippen molar-refractivity contribution in [3.63, 3.8) is 0 Å². The largest absolute Gasteiger partial charge is 0.493 e. The zero-order valence-corrected chi connectivity index (χ0v) is 9.90. The molecule has 0 aliphatic carbocycles. The Morgan fingerprint density at radius 2 is 2.12 bits per heavy atom. The summed E-state index contributed by atoms with van der Waals surface area (Å²) >= 11 is 0. The van der Waals surface area contributed by atoms with Gasteiger partial charge in [-0.05, 0) is 32.9 Å². The van der Waals surface area contributed by atoms with E-state index < -0.39 is 11.7 Å². The fraction of sp³-hybridized carbons (Fsp3) is 0.455. The number of rotatable bonds is 2. The second-order valence-electron chi connectivity index (χ2n) is 4.18. The van der Waals surface area contributed by atoms with Crippen molar-refractivity contribution >= 4 is 11.9 Å². The fourth-order valence-electron chi connectivity index (χ4n) is 1.05. The molecule has 5 heteroatoms. The molecule has 0 aliphatic rings. The molecule has 88 valence electrons. The molecule has 0 bridgehead atoms. The van der Waals surface area contributed by atoms with Gasteiger partial charge in [-0.15, -0.1) is 0 Å². The number of carbonyl (C=O) groups is 1. The SMILES string of the molecule is COc1cccnc1NC(=O)OC(C)(C)C. The number of hydrogen-bond acceptors (Lipinski definition) is 4. The van der Waals surface area contributed by atoms with E-state index >= 15 is 0 Å². The number of hydrogen-bond donors (Lipinski definition) is 1. The molecule has 0 aliphatic heterocycles. The third-order valence-electron chi connectivity index (χ3n) is 1.61. The zero-order valence-electron chi connectivity index (χ0n) is 9.90. The Hall–Kier alpha value is -1.78. The van der Waals surface area contributed by atoms with Crippen molar-refractivity contribution in [2.24, 2.45) is 0 Å². The van der Waals surface area contributed by atoms with Gasteiger partial charge in [-0.1, -0.05) is 0 Å². The maximum atomic E-state index is 11.5. The highest BCUT2D eigenvalue weighted by Crippen LogP contribution is 2.20. The predicted molar refractivity (Wildman–Crippen MR) is 60.6 cm³/mol. The lowest BCUT2D eigenvalue weighted by molar-refractivity contribution is 0.0635. The molecule has 5 nitrogen and oxygen atoms in total. The molecular formula is C11H16N2O3. The van der Waals surface area contributed by atoms with Crippen LogP contribution < -0.4 is 10.1 Å². The summed E-state index contributed by atoms with van der Waals surface area (Å²) in [5.74, 6) is 0.840. The number of nitrogens with one attached hydrogen (secondary N) is 1. The third kappa shape index (κ3) is 3.76. The standard InChI is InChI=1S/C11H16N2O3/c1-11(2,3)16-10(14)13-9-8(15-4)6-5-7-12-9/h5-7H,1-4H3,(H,12,13,14). The van der Waals surface area contributed by atoms with Gasteiger partial charge in [0.15, 0.2) is 11.6 Å². The summed E-state index contributed by atoms with van der Waals surface area (Å²) in [6, 6.07) is 3.43. The van der Waals surface area contributed by atoms with E-state index in [1.165, 1.54) is 7.11 Å². The Balaban J connectivity index is 2.70. The Labute approximate surface area is 94.8 Å². The summed E-state index contributed by atoms with van der Waals surface area (Å²) < 4.78 is 10.1. The molecule has 0 fully saturated rings. The van der Waals surface area contributed by atoms with Crippen molar-refractivity contribution in [3.05, 3.63) is 18.3 Å². The van der Waals surface area contributed by atoms with E-state index in [4.69, 9.17) is 9.47 Å². The van der Waals surface area contributed by atoms with Crippen LogP contribution in [0.3, 0.4) is 0 Å². The van der Waals surface area contributed by atoms with Gasteiger partial charge in [0, 0.05) is 6.20 Å². The molecule has 1 heterocycles. The first kappa shape index (κ1) is 12.3. The monoisotopic (exact) mass is 224 g/mol. The highest BCUT2D eigenvalue weighted by Gasteiger charge is 2.17. The lowest BCUT2D eigenvalue weighted by atomic mass is 10.2. The smallest absolute Gasteiger partial charge is 0.413 e. The van der Waals surface area contributed by atoms with Crippen molar-refractivity contribution in [2.45, 2.75) is 26.4 Å². The summed E-state index contributed by atoms with van der Waals surface area (Å²) in [6.45, 7) is 5.38. The molecule has 0 spiro atoms. The summed E-state index contributed by atoms with van der Waals surface area (Å²) in [6.07, 6.45) is 1.01. The van der Waals surface area contributed by atoms with Crippen LogP contribution in [0.5, 0.6) is 5.75 Å². The Morgan fingerprint density at radius 1 is 1.44 bits per heavy atom. The van der Waals surface area contributed by atoms with Gasteiger partial charge in [0.2, 0.25) is 0 Å². The molecule has 0 aromatic carbocycles. The van der Waals surface area contributed by atoms with E-state index in [0.29, 0.717) is 11.6 Å². The highest BCUT2D eigenvalue weighted by atomic mass is 16.6. The van der Waals surface area contributed by atoms with E-state index in [0.717, 1.165) is 0 Å². The summed E-state index contributed by atoms with van der Waals surface area (Å²) in [4.78, 5) is 15.4. The molecule has 0 radical (unpaired) electrons. The highest BCUT2D eigenvalue weighted by molar-refractivity contribution is 5.85. The van der Waals surface area contributed by atoms with Crippen molar-refractivity contribution in [1.29, 1.82) is 0 Å². The number of nitrogens with zero attached hydrogens (tertiary/aromatic N) is 1. The van der Waals surface area contributed by atoms with E-state index in [2.05, 4.69) is 10.3 Å². The first-order valence-corrected chi connectivity index (χ1v) is 4.91. The molecule has 0 saturated carbocycles. The number of amides is 1. The number of anilines is 1. The molecule has 1 rings (SSSR count). The zero-order chi connectivity index (χ0) is 12.2. The predicted octanol–water partition coefficient (Wildman–Crippen LogP) is 2.44. The molecule has 0 unspecified atom stereocenters. The van der Waals surface area contributed by atoms with E-state index in [-0.39, 0.29) is 0 Å². The van der Waals surface area contributed by atoms with Crippen LogP contribution in [0.2, 0.25) is 0 Å². The normalized spacial score (nSPS) is 10.8. The first-order valence-electron chi connectivity index (χ1n) is 4.91. The van der Waals surface area contributed by atoms with Crippen LogP contribution in [0.25, 0.3) is 0 Å². The molecule has 1 aromatic heterocycles. The van der Waals surface area contributed by atoms with Crippen LogP contribution in [0.4, 0.5) is 10.6 Å². The number of pyridine rings is 1. The number of methoxy groups -OCH3 is 1. The fourth-order valence-corrected chi connectivity index (χ4v) is 1.05. The first-order chi connectivity index (χ1) is 7.42. The summed E-state index contributed by atoms with van der Waals surface area (Å²) in [5.41, 5.74) is -0.536. The van der Waals surface area contributed by atoms with Gasteiger partial charge in [0.25, 0.3) is 0 Å². The minimum Gasteiger partial charge on any atom is -0.493 e. The summed E-state index contributed by atoms with van der Waals surface area (Å²) in [5, 5.41) is 2.52. The van der Waals surface area contributed by atoms with Gasteiger partial charge in [0.1, 0.15) is 5.60 Å². The lowest BCUT2D eigenvalue weighted by Gasteiger charge is -2.19. The van der Waals surface area contributed by atoms with Gasteiger partial charge < -0.3 is 9.47 Å². The van der Waals surface area contributed by atoms with E-state index in [9.17, 15) is 4.79 Å². The second-order valence-corrected chi connectivity index (χ2v) is 4.18. The topological polar surface area (TPSA) is 60.5 Å². The van der Waals surface area contributed by atoms with Gasteiger partial charge in [0.05, 0.1) is 7.11 Å². The van der Waals surface area contributed by atoms with Gasteiger partial charge in [-0.3, -0.25) is 5.32 Å². The van der Waals surface area contributed by atoms with E-state index in [1.807, 2.05) is 0 Å². The minimum absolute atomic E-state index is 0.347.